The van der Waals surface area contributed by atoms with Crippen LogP contribution in [0.3, 0.4) is 0 Å². The Bertz CT molecular complexity index is 637. The molecule has 197 valence electrons. The van der Waals surface area contributed by atoms with Gasteiger partial charge in [0.15, 0.2) is 0 Å². The van der Waals surface area contributed by atoms with Crippen molar-refractivity contribution in [2.75, 3.05) is 14.2 Å². The first-order valence-electron chi connectivity index (χ1n) is 9.77. The van der Waals surface area contributed by atoms with Gasteiger partial charge in [-0.1, -0.05) is 88.4 Å². The number of carbonyl (C=O) groups is 2. The normalized spacial score (nSPS) is 7.68. The van der Waals surface area contributed by atoms with Gasteiger partial charge in [-0.2, -0.15) is 0 Å². The van der Waals surface area contributed by atoms with Gasteiger partial charge in [0.05, 0.1) is 20.0 Å². The number of carboxylic acids is 1. The maximum absolute atomic E-state index is 10.8. The van der Waals surface area contributed by atoms with Crippen molar-refractivity contribution in [3.8, 4) is 0 Å². The van der Waals surface area contributed by atoms with E-state index in [0.717, 1.165) is 18.2 Å². The number of halogens is 5. The summed E-state index contributed by atoms with van der Waals surface area (Å²) in [5, 5.41) is 15.4. The van der Waals surface area contributed by atoms with Crippen LogP contribution >= 0.6 is 99.9 Å². The molecular formula is C22H34I5O5V2. The van der Waals surface area contributed by atoms with Crippen LogP contribution in [0.5, 0.6) is 0 Å². The van der Waals surface area contributed by atoms with Crippen LogP contribution in [0.1, 0.15) is 38.8 Å². The van der Waals surface area contributed by atoms with Crippen LogP contribution in [0.15, 0.2) is 60.7 Å². The maximum atomic E-state index is 10.8. The fraction of sp³-hybridized carbons (Fsp3) is 0.364. The molecule has 0 heterocycles. The average molecular weight is 1110 g/mol. The van der Waals surface area contributed by atoms with Crippen molar-refractivity contribution in [3.05, 3.63) is 71.8 Å². The van der Waals surface area contributed by atoms with E-state index in [1.54, 1.807) is 12.1 Å². The fourth-order valence-electron chi connectivity index (χ4n) is 1.61. The molecule has 0 saturated carbocycles. The zero-order valence-corrected chi connectivity index (χ0v) is 33.7. The fourth-order valence-corrected chi connectivity index (χ4v) is 1.61. The molecular weight excluding hydrogens is 1080 g/mol. The van der Waals surface area contributed by atoms with Crippen LogP contribution in [-0.4, -0.2) is 36.4 Å². The molecule has 0 aliphatic heterocycles. The van der Waals surface area contributed by atoms with E-state index in [-0.39, 0.29) is 17.3 Å². The van der Waals surface area contributed by atoms with E-state index < -0.39 is 5.97 Å². The topological polar surface area (TPSA) is 83.8 Å². The zero-order valence-electron chi connectivity index (χ0n) is 20.1. The molecule has 0 spiro atoms. The molecule has 2 aromatic rings. The molecule has 0 saturated heterocycles. The molecule has 2 aromatic carbocycles. The van der Waals surface area contributed by atoms with E-state index in [4.69, 9.17) is 10.2 Å². The monoisotopic (exact) mass is 1110 g/mol. The SMILES string of the molecule is CC.CC.CO.COC(=O)Cc1ccccc1.O=C(O)Cc1ccccc1.[I][V]([I])[I].[I][V][I]. The van der Waals surface area contributed by atoms with Gasteiger partial charge in [0.1, 0.15) is 0 Å². The van der Waals surface area contributed by atoms with Crippen molar-refractivity contribution in [1.29, 1.82) is 0 Å². The Hall–Kier alpha value is 2.16. The number of aliphatic hydroxyl groups excluding tert-OH is 1. The molecule has 5 nitrogen and oxygen atoms in total. The molecule has 0 fully saturated rings. The van der Waals surface area contributed by atoms with Gasteiger partial charge in [-0.05, 0) is 11.1 Å². The third-order valence-electron chi connectivity index (χ3n) is 2.62. The summed E-state index contributed by atoms with van der Waals surface area (Å²) in [7, 11) is 3.02. The quantitative estimate of drug-likeness (QED) is 0.237. The summed E-state index contributed by atoms with van der Waals surface area (Å²) in [4.78, 5) is 20.7. The number of carboxylic acid groups (broad SMARTS) is 1. The number of methoxy groups -OCH3 is 1. The molecule has 0 bridgehead atoms. The van der Waals surface area contributed by atoms with Crippen molar-refractivity contribution in [2.24, 2.45) is 0 Å². The standard InChI is InChI=1S/C9H10O2.C8H8O2.2C2H6.CH4O.5HI.2V/c1-11-9(10)7-8-5-3-2-4-6-8;9-8(10)6-7-4-2-1-3-5-7;3*1-2;;;;;;;/h2-6H,7H2,1H3;1-5H,6H2,(H,9,10);2*1-2H3;2H,1H3;5*1H;;/q;;;;;;;;;;+2;+3/p-5. The third-order valence-corrected chi connectivity index (χ3v) is 2.62. The van der Waals surface area contributed by atoms with E-state index in [1.807, 2.05) is 76.2 Å². The van der Waals surface area contributed by atoms with Crippen LogP contribution < -0.4 is 0 Å². The van der Waals surface area contributed by atoms with E-state index in [9.17, 15) is 9.59 Å². The van der Waals surface area contributed by atoms with E-state index >= 15 is 0 Å². The molecule has 2 rings (SSSR count). The molecule has 0 unspecified atom stereocenters. The summed E-state index contributed by atoms with van der Waals surface area (Å²) in [6.07, 6.45) is 0.470. The molecule has 34 heavy (non-hydrogen) atoms. The van der Waals surface area contributed by atoms with Crippen LogP contribution in [0.4, 0.5) is 0 Å². The molecule has 0 atom stereocenters. The summed E-state index contributed by atoms with van der Waals surface area (Å²) in [5.41, 5.74) is 1.83. The first-order chi connectivity index (χ1) is 16.3. The summed E-state index contributed by atoms with van der Waals surface area (Å²) in [5.74, 6) is -0.984. The Morgan fingerprint density at radius 1 is 0.794 bits per heavy atom. The van der Waals surface area contributed by atoms with E-state index in [1.165, 1.54) is 7.11 Å². The Kier molecular flexibility index (Phi) is 57.2. The zero-order chi connectivity index (χ0) is 27.8. The van der Waals surface area contributed by atoms with Gasteiger partial charge >= 0.3 is 126 Å². The Balaban J connectivity index is -0.000000111. The van der Waals surface area contributed by atoms with Gasteiger partial charge in [0.2, 0.25) is 0 Å². The molecule has 0 aliphatic carbocycles. The number of aliphatic hydroxyl groups is 1. The second-order valence-electron chi connectivity index (χ2n) is 4.55. The van der Waals surface area contributed by atoms with Gasteiger partial charge in [-0.15, -0.1) is 0 Å². The van der Waals surface area contributed by atoms with Gasteiger partial charge in [0, 0.05) is 7.11 Å². The number of hydrogen-bond acceptors (Lipinski definition) is 4. The summed E-state index contributed by atoms with van der Waals surface area (Å²) in [6.45, 7) is 8.00. The number of rotatable bonds is 4. The number of esters is 1. The average Bonchev–Trinajstić information content (AvgIpc) is 2.84. The molecule has 12 heteroatoms. The van der Waals surface area contributed by atoms with Crippen LogP contribution in [0.2, 0.25) is 0 Å². The van der Waals surface area contributed by atoms with Crippen molar-refractivity contribution in [1.82, 2.24) is 0 Å². The summed E-state index contributed by atoms with van der Waals surface area (Å²) in [6, 6.07) is 18.6. The molecule has 0 aliphatic rings. The number of carbonyl (C=O) groups excluding carboxylic acids is 1. The van der Waals surface area contributed by atoms with Crippen molar-refractivity contribution >= 4 is 112 Å². The van der Waals surface area contributed by atoms with Crippen molar-refractivity contribution in [3.63, 3.8) is 0 Å². The van der Waals surface area contributed by atoms with Crippen molar-refractivity contribution in [2.45, 2.75) is 40.5 Å². The molecule has 0 aromatic heterocycles. The molecule has 0 radical (unpaired) electrons. The predicted octanol–water partition coefficient (Wildman–Crippen LogP) is 8.80. The molecule has 2 N–H and O–H groups in total. The second kappa shape index (κ2) is 42.3. The third kappa shape index (κ3) is 47.4. The first-order valence-corrected chi connectivity index (χ1v) is 32.3. The Labute approximate surface area is 272 Å². The number of aliphatic carboxylic acids is 1. The minimum absolute atomic E-state index is 0.112. The van der Waals surface area contributed by atoms with E-state index in [2.05, 4.69) is 105 Å². The second-order valence-corrected chi connectivity index (χ2v) is 51.7. The number of hydrogen-bond donors (Lipinski definition) is 2. The van der Waals surface area contributed by atoms with Gasteiger partial charge in [0.25, 0.3) is 0 Å². The van der Waals surface area contributed by atoms with E-state index in [0.29, 0.717) is 15.9 Å². The van der Waals surface area contributed by atoms with Gasteiger partial charge < -0.3 is 14.9 Å². The number of ether oxygens (including phenoxy) is 1. The Morgan fingerprint density at radius 3 is 1.29 bits per heavy atom. The number of benzene rings is 2. The first kappa shape index (κ1) is 46.0. The van der Waals surface area contributed by atoms with Gasteiger partial charge in [-0.25, -0.2) is 0 Å². The van der Waals surface area contributed by atoms with Gasteiger partial charge in [-0.3, -0.25) is 9.59 Å². The predicted molar refractivity (Wildman–Crippen MR) is 181 cm³/mol. The summed E-state index contributed by atoms with van der Waals surface area (Å²) >= 11 is 12.1. The summed E-state index contributed by atoms with van der Waals surface area (Å²) < 4.78 is 4.52. The minimum atomic E-state index is -0.786. The van der Waals surface area contributed by atoms with Crippen LogP contribution in [-0.2, 0) is 41.6 Å². The molecule has 0 amide bonds. The van der Waals surface area contributed by atoms with Crippen LogP contribution in [0, 0.1) is 0 Å². The Morgan fingerprint density at radius 2 is 1.06 bits per heavy atom. The van der Waals surface area contributed by atoms with Crippen molar-refractivity contribution < 1.29 is 38.9 Å². The van der Waals surface area contributed by atoms with Crippen LogP contribution in [0.25, 0.3) is 0 Å².